The van der Waals surface area contributed by atoms with E-state index in [9.17, 15) is 0 Å². The summed E-state index contributed by atoms with van der Waals surface area (Å²) in [5.41, 5.74) is 16.0. The Morgan fingerprint density at radius 1 is 0.290 bits per heavy atom. The van der Waals surface area contributed by atoms with E-state index in [1.54, 1.807) is 0 Å². The van der Waals surface area contributed by atoms with Crippen molar-refractivity contribution < 1.29 is 4.42 Å². The van der Waals surface area contributed by atoms with Crippen molar-refractivity contribution in [3.8, 4) is 67.5 Å². The van der Waals surface area contributed by atoms with Crippen molar-refractivity contribution in [1.29, 1.82) is 0 Å². The lowest BCUT2D eigenvalue weighted by Gasteiger charge is -2.34. The minimum atomic E-state index is -0.547. The summed E-state index contributed by atoms with van der Waals surface area (Å²) in [6.07, 6.45) is 0. The molecule has 0 radical (unpaired) electrons. The van der Waals surface area contributed by atoms with Crippen LogP contribution in [0.4, 0.5) is 0 Å². The fourth-order valence-electron chi connectivity index (χ4n) is 9.53. The molecule has 0 N–H and O–H groups in total. The van der Waals surface area contributed by atoms with Gasteiger partial charge in [-0.3, -0.25) is 0 Å². The Hall–Kier alpha value is -8.21. The molecule has 0 fully saturated rings. The van der Waals surface area contributed by atoms with E-state index < -0.39 is 5.41 Å². The van der Waals surface area contributed by atoms with Crippen LogP contribution in [0, 0.1) is 0 Å². The zero-order chi connectivity index (χ0) is 41.0. The molecule has 1 aliphatic rings. The van der Waals surface area contributed by atoms with Crippen molar-refractivity contribution in [3.63, 3.8) is 0 Å². The van der Waals surface area contributed by atoms with Crippen LogP contribution in [-0.4, -0.2) is 15.0 Å². The SMILES string of the molecule is c1ccc(-c2ccc(-c3nc(-c4ccccc4)nc(-c4cccc(-c5ccc(C6(c7ccc8oc9ccccc9c8c7)c7ccccc7-c7ccccc76)cc5)c4)n3)cc2)cc1. The first kappa shape index (κ1) is 35.7. The topological polar surface area (TPSA) is 51.8 Å². The van der Waals surface area contributed by atoms with E-state index in [0.717, 1.165) is 55.3 Å². The molecule has 0 unspecified atom stereocenters. The highest BCUT2D eigenvalue weighted by Crippen LogP contribution is 2.56. The quantitative estimate of drug-likeness (QED) is 0.161. The molecule has 0 bridgehead atoms. The fraction of sp³-hybridized carbons (Fsp3) is 0.0172. The van der Waals surface area contributed by atoms with Gasteiger partial charge in [-0.2, -0.15) is 0 Å². The minimum Gasteiger partial charge on any atom is -0.456 e. The summed E-state index contributed by atoms with van der Waals surface area (Å²) in [5.74, 6) is 1.89. The molecule has 9 aromatic carbocycles. The number of rotatable bonds is 7. The number of fused-ring (bicyclic) bond motifs is 6. The van der Waals surface area contributed by atoms with Gasteiger partial charge in [0, 0.05) is 27.5 Å². The van der Waals surface area contributed by atoms with Gasteiger partial charge in [-0.25, -0.2) is 15.0 Å². The summed E-state index contributed by atoms with van der Waals surface area (Å²) in [4.78, 5) is 15.1. The van der Waals surface area contributed by atoms with E-state index in [4.69, 9.17) is 19.4 Å². The van der Waals surface area contributed by atoms with Crippen molar-refractivity contribution in [2.24, 2.45) is 0 Å². The average Bonchev–Trinajstić information content (AvgIpc) is 3.88. The number of benzene rings is 9. The number of hydrogen-bond acceptors (Lipinski definition) is 4. The van der Waals surface area contributed by atoms with Crippen LogP contribution < -0.4 is 0 Å². The second kappa shape index (κ2) is 14.5. The first-order valence-corrected chi connectivity index (χ1v) is 21.0. The van der Waals surface area contributed by atoms with Gasteiger partial charge in [-0.05, 0) is 79.9 Å². The van der Waals surface area contributed by atoms with E-state index in [2.05, 4.69) is 176 Å². The largest absolute Gasteiger partial charge is 0.456 e. The monoisotopic (exact) mass is 791 g/mol. The van der Waals surface area contributed by atoms with Crippen LogP contribution in [0.25, 0.3) is 89.5 Å². The summed E-state index contributed by atoms with van der Waals surface area (Å²) in [5, 5.41) is 2.24. The van der Waals surface area contributed by atoms with Crippen LogP contribution in [-0.2, 0) is 5.41 Å². The molecule has 0 saturated carbocycles. The second-order valence-corrected chi connectivity index (χ2v) is 15.9. The third kappa shape index (κ3) is 5.80. The van der Waals surface area contributed by atoms with Crippen molar-refractivity contribution in [2.45, 2.75) is 5.41 Å². The maximum atomic E-state index is 6.32. The molecule has 290 valence electrons. The van der Waals surface area contributed by atoms with Gasteiger partial charge in [0.05, 0.1) is 5.41 Å². The Kier molecular flexibility index (Phi) is 8.36. The molecule has 62 heavy (non-hydrogen) atoms. The molecular weight excluding hydrogens is 755 g/mol. The van der Waals surface area contributed by atoms with E-state index >= 15 is 0 Å². The third-order valence-electron chi connectivity index (χ3n) is 12.5. The summed E-state index contributed by atoms with van der Waals surface area (Å²) < 4.78 is 6.32. The van der Waals surface area contributed by atoms with E-state index in [1.165, 1.54) is 38.9 Å². The predicted molar refractivity (Wildman–Crippen MR) is 252 cm³/mol. The number of hydrogen-bond donors (Lipinski definition) is 0. The van der Waals surface area contributed by atoms with E-state index in [1.807, 2.05) is 48.5 Å². The number of furan rings is 1. The number of aromatic nitrogens is 3. The van der Waals surface area contributed by atoms with Crippen LogP contribution in [0.5, 0.6) is 0 Å². The summed E-state index contributed by atoms with van der Waals surface area (Å²) in [7, 11) is 0. The maximum absolute atomic E-state index is 6.32. The minimum absolute atomic E-state index is 0.547. The summed E-state index contributed by atoms with van der Waals surface area (Å²) in [6, 6.07) is 79.5. The van der Waals surface area contributed by atoms with Crippen molar-refractivity contribution in [1.82, 2.24) is 15.0 Å². The molecule has 1 aliphatic carbocycles. The summed E-state index contributed by atoms with van der Waals surface area (Å²) in [6.45, 7) is 0. The summed E-state index contributed by atoms with van der Waals surface area (Å²) >= 11 is 0. The van der Waals surface area contributed by atoms with Gasteiger partial charge in [0.1, 0.15) is 11.2 Å². The standard InChI is InChI=1S/C58H37N3O/c1-3-14-38(15-4-1)39-26-28-42(29-27-39)56-59-55(41-16-5-2-6-17-41)60-57(61-56)44-19-13-18-43(36-44)40-30-32-45(33-31-40)58(51-23-10-7-20-47(51)48-21-8-11-24-52(48)58)46-34-35-54-50(37-46)49-22-9-12-25-53(49)62-54/h1-37H. The zero-order valence-corrected chi connectivity index (χ0v) is 33.6. The lowest BCUT2D eigenvalue weighted by Crippen LogP contribution is -2.28. The first-order chi connectivity index (χ1) is 30.7. The molecule has 2 heterocycles. The molecule has 4 heteroatoms. The predicted octanol–water partition coefficient (Wildman–Crippen LogP) is 14.5. The maximum Gasteiger partial charge on any atom is 0.164 e. The van der Waals surface area contributed by atoms with Crippen LogP contribution in [0.15, 0.2) is 229 Å². The Bertz CT molecular complexity index is 3400. The molecule has 2 aromatic heterocycles. The normalized spacial score (nSPS) is 12.6. The van der Waals surface area contributed by atoms with Crippen LogP contribution in [0.1, 0.15) is 22.3 Å². The highest BCUT2D eigenvalue weighted by atomic mass is 16.3. The van der Waals surface area contributed by atoms with Gasteiger partial charge in [-0.1, -0.05) is 200 Å². The number of para-hydroxylation sites is 1. The van der Waals surface area contributed by atoms with Crippen molar-refractivity contribution in [3.05, 3.63) is 247 Å². The van der Waals surface area contributed by atoms with Gasteiger partial charge in [0.15, 0.2) is 17.5 Å². The lowest BCUT2D eigenvalue weighted by atomic mass is 9.67. The molecule has 12 rings (SSSR count). The Morgan fingerprint density at radius 2 is 0.742 bits per heavy atom. The van der Waals surface area contributed by atoms with Gasteiger partial charge in [0.25, 0.3) is 0 Å². The molecule has 11 aromatic rings. The highest BCUT2D eigenvalue weighted by molar-refractivity contribution is 6.05. The van der Waals surface area contributed by atoms with Gasteiger partial charge in [-0.15, -0.1) is 0 Å². The van der Waals surface area contributed by atoms with Gasteiger partial charge in [0.2, 0.25) is 0 Å². The van der Waals surface area contributed by atoms with Crippen molar-refractivity contribution in [2.75, 3.05) is 0 Å². The molecule has 0 amide bonds. The molecule has 0 spiro atoms. The zero-order valence-electron chi connectivity index (χ0n) is 33.6. The van der Waals surface area contributed by atoms with E-state index in [-0.39, 0.29) is 0 Å². The van der Waals surface area contributed by atoms with E-state index in [0.29, 0.717) is 17.5 Å². The molecule has 0 atom stereocenters. The Labute approximate surface area is 359 Å². The second-order valence-electron chi connectivity index (χ2n) is 15.9. The Morgan fingerprint density at radius 3 is 1.44 bits per heavy atom. The average molecular weight is 792 g/mol. The van der Waals surface area contributed by atoms with Crippen LogP contribution in [0.2, 0.25) is 0 Å². The molecular formula is C58H37N3O. The van der Waals surface area contributed by atoms with Gasteiger partial charge < -0.3 is 4.42 Å². The van der Waals surface area contributed by atoms with Crippen LogP contribution in [0.3, 0.4) is 0 Å². The van der Waals surface area contributed by atoms with Gasteiger partial charge >= 0.3 is 0 Å². The van der Waals surface area contributed by atoms with Crippen molar-refractivity contribution >= 4 is 21.9 Å². The first-order valence-electron chi connectivity index (χ1n) is 21.0. The smallest absolute Gasteiger partial charge is 0.164 e. The molecule has 4 nitrogen and oxygen atoms in total. The van der Waals surface area contributed by atoms with Crippen LogP contribution >= 0.6 is 0 Å². The lowest BCUT2D eigenvalue weighted by molar-refractivity contribution is 0.668. The Balaban J connectivity index is 0.965. The fourth-order valence-corrected chi connectivity index (χ4v) is 9.53. The molecule has 0 saturated heterocycles. The number of nitrogens with zero attached hydrogens (tertiary/aromatic N) is 3. The highest BCUT2D eigenvalue weighted by Gasteiger charge is 2.46. The molecule has 0 aliphatic heterocycles. The third-order valence-corrected chi connectivity index (χ3v) is 12.5.